The zero-order valence-corrected chi connectivity index (χ0v) is 15.3. The first kappa shape index (κ1) is 18.7. The van der Waals surface area contributed by atoms with Crippen LogP contribution in [0.2, 0.25) is 10.0 Å². The van der Waals surface area contributed by atoms with Crippen molar-refractivity contribution in [3.05, 3.63) is 58.1 Å². The summed E-state index contributed by atoms with van der Waals surface area (Å²) in [5.41, 5.74) is 1.26. The third-order valence-corrected chi connectivity index (χ3v) is 5.36. The maximum Gasteiger partial charge on any atom is 0.242 e. The van der Waals surface area contributed by atoms with Gasteiger partial charge in [0, 0.05) is 5.02 Å². The lowest BCUT2D eigenvalue weighted by Crippen LogP contribution is -2.41. The Morgan fingerprint density at radius 3 is 2.33 bits per heavy atom. The van der Waals surface area contributed by atoms with Crippen LogP contribution in [0, 0.1) is 6.92 Å². The largest absolute Gasteiger partial charge is 0.323 e. The van der Waals surface area contributed by atoms with Gasteiger partial charge in [-0.25, -0.2) is 8.42 Å². The number of benzene rings is 2. The second-order valence-electron chi connectivity index (χ2n) is 5.27. The standard InChI is InChI=1S/C16H16Cl2N2O3S/c1-10-3-6-13(7-4-10)24(22,23)20-11(2)16(21)19-15-9-12(17)5-8-14(15)18/h3-9,11,20H,1-2H3,(H,19,21)/t11-/m1/s1. The topological polar surface area (TPSA) is 75.3 Å². The van der Waals surface area contributed by atoms with E-state index in [9.17, 15) is 13.2 Å². The molecule has 2 aromatic rings. The van der Waals surface area contributed by atoms with Gasteiger partial charge in [-0.05, 0) is 44.2 Å². The molecule has 5 nitrogen and oxygen atoms in total. The SMILES string of the molecule is Cc1ccc(S(=O)(=O)N[C@H](C)C(=O)Nc2cc(Cl)ccc2Cl)cc1. The summed E-state index contributed by atoms with van der Waals surface area (Å²) in [6, 6.07) is 9.96. The van der Waals surface area contributed by atoms with Crippen LogP contribution >= 0.6 is 23.2 Å². The summed E-state index contributed by atoms with van der Waals surface area (Å²) in [6.45, 7) is 3.30. The molecule has 1 atom stereocenters. The van der Waals surface area contributed by atoms with Crippen molar-refractivity contribution < 1.29 is 13.2 Å². The Hall–Kier alpha value is -1.60. The molecule has 2 N–H and O–H groups in total. The van der Waals surface area contributed by atoms with E-state index in [-0.39, 0.29) is 4.90 Å². The Kier molecular flexibility index (Phi) is 5.87. The van der Waals surface area contributed by atoms with E-state index in [1.807, 2.05) is 6.92 Å². The van der Waals surface area contributed by atoms with Crippen LogP contribution in [0.4, 0.5) is 5.69 Å². The Balaban J connectivity index is 2.10. The van der Waals surface area contributed by atoms with Gasteiger partial charge in [-0.3, -0.25) is 4.79 Å². The number of anilines is 1. The van der Waals surface area contributed by atoms with Crippen LogP contribution in [-0.4, -0.2) is 20.4 Å². The lowest BCUT2D eigenvalue weighted by Gasteiger charge is -2.15. The van der Waals surface area contributed by atoms with Crippen molar-refractivity contribution in [1.82, 2.24) is 4.72 Å². The number of hydrogen-bond acceptors (Lipinski definition) is 3. The third kappa shape index (κ3) is 4.70. The smallest absolute Gasteiger partial charge is 0.242 e. The number of hydrogen-bond donors (Lipinski definition) is 2. The zero-order valence-electron chi connectivity index (χ0n) is 13.0. The molecule has 0 aliphatic rings. The van der Waals surface area contributed by atoms with E-state index in [4.69, 9.17) is 23.2 Å². The molecule has 0 spiro atoms. The van der Waals surface area contributed by atoms with Gasteiger partial charge in [0.2, 0.25) is 15.9 Å². The van der Waals surface area contributed by atoms with Crippen LogP contribution in [0.5, 0.6) is 0 Å². The number of carbonyl (C=O) groups is 1. The minimum Gasteiger partial charge on any atom is -0.323 e. The molecule has 0 heterocycles. The summed E-state index contributed by atoms with van der Waals surface area (Å²) in [7, 11) is -3.80. The molecule has 2 aromatic carbocycles. The average molecular weight is 387 g/mol. The van der Waals surface area contributed by atoms with Crippen molar-refractivity contribution in [3.8, 4) is 0 Å². The van der Waals surface area contributed by atoms with Gasteiger partial charge in [-0.2, -0.15) is 4.72 Å². The van der Waals surface area contributed by atoms with Gasteiger partial charge < -0.3 is 5.32 Å². The predicted octanol–water partition coefficient (Wildman–Crippen LogP) is 3.61. The van der Waals surface area contributed by atoms with Crippen LogP contribution in [0.3, 0.4) is 0 Å². The summed E-state index contributed by atoms with van der Waals surface area (Å²) in [5, 5.41) is 3.26. The fourth-order valence-corrected chi connectivity index (χ4v) is 3.45. The number of aryl methyl sites for hydroxylation is 1. The molecule has 0 unspecified atom stereocenters. The molecule has 0 saturated carbocycles. The fraction of sp³-hybridized carbons (Fsp3) is 0.188. The Morgan fingerprint density at radius 1 is 1.08 bits per heavy atom. The Morgan fingerprint density at radius 2 is 1.71 bits per heavy atom. The van der Waals surface area contributed by atoms with Gasteiger partial charge in [-0.1, -0.05) is 40.9 Å². The Bertz CT molecular complexity index is 852. The van der Waals surface area contributed by atoms with Crippen LogP contribution in [-0.2, 0) is 14.8 Å². The first-order valence-corrected chi connectivity index (χ1v) is 9.28. The van der Waals surface area contributed by atoms with E-state index in [2.05, 4.69) is 10.0 Å². The summed E-state index contributed by atoms with van der Waals surface area (Å²) in [5.74, 6) is -0.546. The highest BCUT2D eigenvalue weighted by molar-refractivity contribution is 7.89. The normalized spacial score (nSPS) is 12.7. The van der Waals surface area contributed by atoms with E-state index in [1.54, 1.807) is 24.3 Å². The van der Waals surface area contributed by atoms with Crippen molar-refractivity contribution in [2.45, 2.75) is 24.8 Å². The molecular formula is C16H16Cl2N2O3S. The van der Waals surface area contributed by atoms with E-state index < -0.39 is 22.0 Å². The van der Waals surface area contributed by atoms with Crippen molar-refractivity contribution in [2.75, 3.05) is 5.32 Å². The molecule has 0 saturated heterocycles. The molecule has 1 amide bonds. The summed E-state index contributed by atoms with van der Waals surface area (Å²) >= 11 is 11.8. The molecule has 0 aliphatic carbocycles. The van der Waals surface area contributed by atoms with Crippen molar-refractivity contribution in [1.29, 1.82) is 0 Å². The second kappa shape index (κ2) is 7.53. The van der Waals surface area contributed by atoms with E-state index in [0.29, 0.717) is 15.7 Å². The molecule has 0 aromatic heterocycles. The quantitative estimate of drug-likeness (QED) is 0.823. The van der Waals surface area contributed by atoms with E-state index >= 15 is 0 Å². The minimum atomic E-state index is -3.80. The van der Waals surface area contributed by atoms with Crippen molar-refractivity contribution >= 4 is 44.8 Å². The molecule has 0 radical (unpaired) electrons. The average Bonchev–Trinajstić information content (AvgIpc) is 2.51. The summed E-state index contributed by atoms with van der Waals surface area (Å²) in [4.78, 5) is 12.3. The highest BCUT2D eigenvalue weighted by Gasteiger charge is 2.22. The van der Waals surface area contributed by atoms with Gasteiger partial charge >= 0.3 is 0 Å². The van der Waals surface area contributed by atoms with Crippen LogP contribution in [0.1, 0.15) is 12.5 Å². The minimum absolute atomic E-state index is 0.0912. The van der Waals surface area contributed by atoms with E-state index in [1.165, 1.54) is 25.1 Å². The molecule has 0 aliphatic heterocycles. The van der Waals surface area contributed by atoms with Crippen LogP contribution in [0.15, 0.2) is 47.4 Å². The predicted molar refractivity (Wildman–Crippen MR) is 96.1 cm³/mol. The Labute approximate surface area is 151 Å². The summed E-state index contributed by atoms with van der Waals surface area (Å²) < 4.78 is 26.9. The monoisotopic (exact) mass is 386 g/mol. The van der Waals surface area contributed by atoms with Crippen LogP contribution < -0.4 is 10.0 Å². The van der Waals surface area contributed by atoms with Gasteiger partial charge in [0.1, 0.15) is 0 Å². The molecule has 8 heteroatoms. The number of rotatable bonds is 5. The van der Waals surface area contributed by atoms with Crippen molar-refractivity contribution in [3.63, 3.8) is 0 Å². The van der Waals surface area contributed by atoms with Gasteiger partial charge in [0.15, 0.2) is 0 Å². The summed E-state index contributed by atoms with van der Waals surface area (Å²) in [6.07, 6.45) is 0. The lowest BCUT2D eigenvalue weighted by molar-refractivity contribution is -0.117. The van der Waals surface area contributed by atoms with E-state index in [0.717, 1.165) is 5.56 Å². The van der Waals surface area contributed by atoms with Gasteiger partial charge in [0.25, 0.3) is 0 Å². The lowest BCUT2D eigenvalue weighted by atomic mass is 10.2. The number of carbonyl (C=O) groups excluding carboxylic acids is 1. The highest BCUT2D eigenvalue weighted by atomic mass is 35.5. The maximum absolute atomic E-state index is 12.3. The third-order valence-electron chi connectivity index (χ3n) is 3.24. The second-order valence-corrected chi connectivity index (χ2v) is 7.83. The fourth-order valence-electron chi connectivity index (χ4n) is 1.91. The number of nitrogens with one attached hydrogen (secondary N) is 2. The first-order chi connectivity index (χ1) is 11.2. The van der Waals surface area contributed by atoms with Crippen LogP contribution in [0.25, 0.3) is 0 Å². The van der Waals surface area contributed by atoms with Crippen molar-refractivity contribution in [2.24, 2.45) is 0 Å². The molecule has 0 bridgehead atoms. The molecule has 0 fully saturated rings. The van der Waals surface area contributed by atoms with Gasteiger partial charge in [0.05, 0.1) is 21.6 Å². The highest BCUT2D eigenvalue weighted by Crippen LogP contribution is 2.25. The molecule has 128 valence electrons. The zero-order chi connectivity index (χ0) is 17.9. The number of sulfonamides is 1. The number of amides is 1. The number of halogens is 2. The molecule has 2 rings (SSSR count). The maximum atomic E-state index is 12.3. The molecule has 24 heavy (non-hydrogen) atoms. The van der Waals surface area contributed by atoms with Gasteiger partial charge in [-0.15, -0.1) is 0 Å². The molecular weight excluding hydrogens is 371 g/mol. The first-order valence-electron chi connectivity index (χ1n) is 7.04.